The van der Waals surface area contributed by atoms with Crippen molar-refractivity contribution in [2.24, 2.45) is 5.73 Å². The fraction of sp³-hybridized carbons (Fsp3) is 0.143. The summed E-state index contributed by atoms with van der Waals surface area (Å²) in [6.07, 6.45) is 0. The van der Waals surface area contributed by atoms with Gasteiger partial charge < -0.3 is 5.73 Å². The normalized spacial score (nSPS) is 12.4. The maximum Gasteiger partial charge on any atom is 0.0552 e. The number of hydrogen-bond donors (Lipinski definition) is 1. The maximum absolute atomic E-state index is 6.20. The maximum atomic E-state index is 6.20. The molecule has 0 fully saturated rings. The number of hydrogen-bond acceptors (Lipinski definition) is 1. The lowest BCUT2D eigenvalue weighted by atomic mass is 9.98. The standard InChI is InChI=1S/C14H14ClN/c1-10-4-2-5-11(8-10)14(16)12-6-3-7-13(15)9-12/h2-9,14H,16H2,1H3. The summed E-state index contributed by atoms with van der Waals surface area (Å²) >= 11 is 5.95. The Morgan fingerprint density at radius 3 is 2.25 bits per heavy atom. The van der Waals surface area contributed by atoms with Gasteiger partial charge in [0.15, 0.2) is 0 Å². The van der Waals surface area contributed by atoms with Crippen LogP contribution in [0.3, 0.4) is 0 Å². The largest absolute Gasteiger partial charge is 0.320 e. The molecule has 82 valence electrons. The van der Waals surface area contributed by atoms with E-state index in [-0.39, 0.29) is 6.04 Å². The molecule has 0 aromatic heterocycles. The van der Waals surface area contributed by atoms with Crippen LogP contribution in [-0.2, 0) is 0 Å². The van der Waals surface area contributed by atoms with Crippen LogP contribution in [0.25, 0.3) is 0 Å². The summed E-state index contributed by atoms with van der Waals surface area (Å²) in [4.78, 5) is 0. The lowest BCUT2D eigenvalue weighted by Gasteiger charge is -2.13. The van der Waals surface area contributed by atoms with E-state index in [1.165, 1.54) is 5.56 Å². The SMILES string of the molecule is Cc1cccc(C(N)c2cccc(Cl)c2)c1. The summed E-state index contributed by atoms with van der Waals surface area (Å²) in [5.74, 6) is 0. The van der Waals surface area contributed by atoms with Crippen LogP contribution in [-0.4, -0.2) is 0 Å². The quantitative estimate of drug-likeness (QED) is 0.838. The Morgan fingerprint density at radius 1 is 1.00 bits per heavy atom. The van der Waals surface area contributed by atoms with Crippen molar-refractivity contribution >= 4 is 11.6 Å². The van der Waals surface area contributed by atoms with Gasteiger partial charge in [0, 0.05) is 5.02 Å². The lowest BCUT2D eigenvalue weighted by Crippen LogP contribution is -2.11. The Kier molecular flexibility index (Phi) is 3.28. The van der Waals surface area contributed by atoms with E-state index in [9.17, 15) is 0 Å². The summed E-state index contributed by atoms with van der Waals surface area (Å²) in [7, 11) is 0. The van der Waals surface area contributed by atoms with Crippen molar-refractivity contribution in [3.63, 3.8) is 0 Å². The predicted octanol–water partition coefficient (Wildman–Crippen LogP) is 3.70. The molecule has 0 saturated heterocycles. The molecule has 2 N–H and O–H groups in total. The molecular weight excluding hydrogens is 218 g/mol. The zero-order valence-corrected chi connectivity index (χ0v) is 9.91. The first kappa shape index (κ1) is 11.2. The third-order valence-electron chi connectivity index (χ3n) is 2.61. The van der Waals surface area contributed by atoms with Gasteiger partial charge in [-0.2, -0.15) is 0 Å². The van der Waals surface area contributed by atoms with E-state index in [2.05, 4.69) is 19.1 Å². The smallest absolute Gasteiger partial charge is 0.0552 e. The molecule has 16 heavy (non-hydrogen) atoms. The molecule has 0 bridgehead atoms. The van der Waals surface area contributed by atoms with Gasteiger partial charge in [-0.3, -0.25) is 0 Å². The van der Waals surface area contributed by atoms with Gasteiger partial charge in [-0.25, -0.2) is 0 Å². The first-order valence-corrected chi connectivity index (χ1v) is 5.62. The molecule has 2 rings (SSSR count). The molecular formula is C14H14ClN. The van der Waals surface area contributed by atoms with Crippen molar-refractivity contribution in [1.29, 1.82) is 0 Å². The van der Waals surface area contributed by atoms with Crippen LogP contribution < -0.4 is 5.73 Å². The molecule has 2 heteroatoms. The van der Waals surface area contributed by atoms with E-state index in [0.29, 0.717) is 0 Å². The van der Waals surface area contributed by atoms with E-state index in [4.69, 9.17) is 17.3 Å². The lowest BCUT2D eigenvalue weighted by molar-refractivity contribution is 0.870. The van der Waals surface area contributed by atoms with Crippen LogP contribution in [0.1, 0.15) is 22.7 Å². The van der Waals surface area contributed by atoms with Crippen LogP contribution >= 0.6 is 11.6 Å². The van der Waals surface area contributed by atoms with Gasteiger partial charge in [0.25, 0.3) is 0 Å². The second-order valence-electron chi connectivity index (χ2n) is 3.95. The number of benzene rings is 2. The highest BCUT2D eigenvalue weighted by atomic mass is 35.5. The first-order valence-electron chi connectivity index (χ1n) is 5.24. The average Bonchev–Trinajstić information content (AvgIpc) is 2.28. The van der Waals surface area contributed by atoms with Gasteiger partial charge in [0.05, 0.1) is 6.04 Å². The summed E-state index contributed by atoms with van der Waals surface area (Å²) < 4.78 is 0. The highest BCUT2D eigenvalue weighted by molar-refractivity contribution is 6.30. The van der Waals surface area contributed by atoms with E-state index < -0.39 is 0 Å². The molecule has 0 radical (unpaired) electrons. The van der Waals surface area contributed by atoms with Gasteiger partial charge in [0.1, 0.15) is 0 Å². The van der Waals surface area contributed by atoms with Crippen molar-refractivity contribution in [3.8, 4) is 0 Å². The monoisotopic (exact) mass is 231 g/mol. The molecule has 0 spiro atoms. The van der Waals surface area contributed by atoms with E-state index in [0.717, 1.165) is 16.1 Å². The topological polar surface area (TPSA) is 26.0 Å². The van der Waals surface area contributed by atoms with Crippen molar-refractivity contribution in [1.82, 2.24) is 0 Å². The van der Waals surface area contributed by atoms with Crippen molar-refractivity contribution in [2.75, 3.05) is 0 Å². The Bertz CT molecular complexity index is 448. The van der Waals surface area contributed by atoms with Gasteiger partial charge in [-0.15, -0.1) is 0 Å². The summed E-state index contributed by atoms with van der Waals surface area (Å²) in [5, 5.41) is 0.723. The highest BCUT2D eigenvalue weighted by Gasteiger charge is 2.08. The van der Waals surface area contributed by atoms with Gasteiger partial charge in [0.2, 0.25) is 0 Å². The van der Waals surface area contributed by atoms with Crippen LogP contribution in [0.15, 0.2) is 48.5 Å². The van der Waals surface area contributed by atoms with Gasteiger partial charge in [-0.05, 0) is 30.2 Å². The first-order chi connectivity index (χ1) is 7.66. The predicted molar refractivity (Wildman–Crippen MR) is 68.7 cm³/mol. The molecule has 0 aliphatic heterocycles. The molecule has 2 aromatic rings. The third-order valence-corrected chi connectivity index (χ3v) is 2.84. The minimum atomic E-state index is -0.112. The second kappa shape index (κ2) is 4.69. The average molecular weight is 232 g/mol. The van der Waals surface area contributed by atoms with Crippen LogP contribution in [0.4, 0.5) is 0 Å². The van der Waals surface area contributed by atoms with E-state index in [1.807, 2.05) is 36.4 Å². The zero-order valence-electron chi connectivity index (χ0n) is 9.15. The molecule has 0 amide bonds. The number of halogens is 1. The molecule has 1 atom stereocenters. The second-order valence-corrected chi connectivity index (χ2v) is 4.38. The van der Waals surface area contributed by atoms with Crippen LogP contribution in [0.5, 0.6) is 0 Å². The Hall–Kier alpha value is -1.31. The molecule has 0 heterocycles. The van der Waals surface area contributed by atoms with Gasteiger partial charge in [-0.1, -0.05) is 53.6 Å². The third kappa shape index (κ3) is 2.43. The fourth-order valence-electron chi connectivity index (χ4n) is 1.76. The van der Waals surface area contributed by atoms with Crippen molar-refractivity contribution in [2.45, 2.75) is 13.0 Å². The molecule has 0 aliphatic rings. The highest BCUT2D eigenvalue weighted by Crippen LogP contribution is 2.22. The Labute approximate surface area is 101 Å². The van der Waals surface area contributed by atoms with Crippen molar-refractivity contribution in [3.05, 3.63) is 70.2 Å². The summed E-state index contributed by atoms with van der Waals surface area (Å²) in [6, 6.07) is 15.8. The van der Waals surface area contributed by atoms with Crippen LogP contribution in [0, 0.1) is 6.92 Å². The molecule has 1 unspecified atom stereocenters. The molecule has 0 aliphatic carbocycles. The Balaban J connectivity index is 2.35. The molecule has 1 nitrogen and oxygen atoms in total. The number of rotatable bonds is 2. The molecule has 0 saturated carbocycles. The minimum absolute atomic E-state index is 0.112. The minimum Gasteiger partial charge on any atom is -0.320 e. The molecule has 2 aromatic carbocycles. The van der Waals surface area contributed by atoms with E-state index in [1.54, 1.807) is 0 Å². The van der Waals surface area contributed by atoms with Gasteiger partial charge >= 0.3 is 0 Å². The van der Waals surface area contributed by atoms with Crippen LogP contribution in [0.2, 0.25) is 5.02 Å². The zero-order chi connectivity index (χ0) is 11.5. The number of aryl methyl sites for hydroxylation is 1. The summed E-state index contributed by atoms with van der Waals surface area (Å²) in [6.45, 7) is 2.06. The fourth-order valence-corrected chi connectivity index (χ4v) is 1.95. The van der Waals surface area contributed by atoms with Crippen molar-refractivity contribution < 1.29 is 0 Å². The van der Waals surface area contributed by atoms with E-state index >= 15 is 0 Å². The summed E-state index contributed by atoms with van der Waals surface area (Å²) in [5.41, 5.74) is 9.57. The Morgan fingerprint density at radius 2 is 1.62 bits per heavy atom. The number of nitrogens with two attached hydrogens (primary N) is 1.